The second-order valence-electron chi connectivity index (χ2n) is 6.76. The van der Waals surface area contributed by atoms with Gasteiger partial charge in [-0.1, -0.05) is 15.9 Å². The summed E-state index contributed by atoms with van der Waals surface area (Å²) in [6, 6.07) is 5.72. The summed E-state index contributed by atoms with van der Waals surface area (Å²) in [7, 11) is 0. The Morgan fingerprint density at radius 1 is 1.17 bits per heavy atom. The van der Waals surface area contributed by atoms with Gasteiger partial charge in [-0.25, -0.2) is 0 Å². The van der Waals surface area contributed by atoms with Crippen LogP contribution in [-0.2, 0) is 9.59 Å². The third kappa shape index (κ3) is 7.61. The van der Waals surface area contributed by atoms with Crippen LogP contribution in [0.15, 0.2) is 22.7 Å². The highest BCUT2D eigenvalue weighted by Gasteiger charge is 2.20. The highest BCUT2D eigenvalue weighted by atomic mass is 79.9. The minimum atomic E-state index is -0.257. The fourth-order valence-electron chi connectivity index (χ4n) is 2.19. The first kappa shape index (κ1) is 19.6. The van der Waals surface area contributed by atoms with E-state index in [2.05, 4.69) is 26.6 Å². The van der Waals surface area contributed by atoms with Crippen molar-refractivity contribution in [3.8, 4) is 0 Å². The van der Waals surface area contributed by atoms with E-state index in [1.807, 2.05) is 52.8 Å². The number of halogens is 1. The lowest BCUT2D eigenvalue weighted by Gasteiger charge is -2.23. The Balaban J connectivity index is 2.58. The van der Waals surface area contributed by atoms with Gasteiger partial charge in [0.2, 0.25) is 0 Å². The number of aryl methyl sites for hydroxylation is 1. The molecule has 6 heteroatoms. The average Bonchev–Trinajstić information content (AvgIpc) is 2.39. The predicted molar refractivity (Wildman–Crippen MR) is 96.6 cm³/mol. The van der Waals surface area contributed by atoms with Crippen LogP contribution in [0.1, 0.15) is 33.3 Å². The van der Waals surface area contributed by atoms with Crippen LogP contribution in [0.3, 0.4) is 0 Å². The maximum Gasteiger partial charge on any atom is 0.279 e. The first-order valence-corrected chi connectivity index (χ1v) is 8.60. The molecule has 2 amide bonds. The molecule has 0 aliphatic carbocycles. The Morgan fingerprint density at radius 2 is 1.78 bits per heavy atom. The molecule has 1 aromatic rings. The number of carbonyl (C=O) groups is 2. The van der Waals surface area contributed by atoms with Gasteiger partial charge in [-0.05, 0) is 58.4 Å². The third-order valence-corrected chi connectivity index (χ3v) is 3.79. The van der Waals surface area contributed by atoms with Gasteiger partial charge < -0.3 is 15.5 Å². The summed E-state index contributed by atoms with van der Waals surface area (Å²) in [5.41, 5.74) is 1.54. The van der Waals surface area contributed by atoms with E-state index in [1.165, 1.54) is 0 Å². The normalized spacial score (nSPS) is 12.6. The molecule has 23 heavy (non-hydrogen) atoms. The van der Waals surface area contributed by atoms with Crippen LogP contribution in [0, 0.1) is 6.92 Å². The van der Waals surface area contributed by atoms with Crippen LogP contribution in [-0.4, -0.2) is 37.0 Å². The van der Waals surface area contributed by atoms with Crippen LogP contribution >= 0.6 is 15.9 Å². The van der Waals surface area contributed by atoms with Crippen LogP contribution in [0.4, 0.5) is 5.69 Å². The summed E-state index contributed by atoms with van der Waals surface area (Å²) in [4.78, 5) is 25.1. The number of likely N-dealkylation sites (N-methyl/N-ethyl adjacent to an activating group) is 1. The van der Waals surface area contributed by atoms with Crippen LogP contribution in [0.5, 0.6) is 0 Å². The number of hydrogen-bond donors (Lipinski definition) is 3. The monoisotopic (exact) mass is 384 g/mol. The molecule has 0 aliphatic rings. The van der Waals surface area contributed by atoms with E-state index in [9.17, 15) is 9.59 Å². The lowest BCUT2D eigenvalue weighted by molar-refractivity contribution is -0.881. The maximum atomic E-state index is 12.2. The molecule has 0 aliphatic heterocycles. The number of carbonyl (C=O) groups excluding carboxylic acids is 2. The molecule has 0 aromatic heterocycles. The number of hydrogen-bond acceptors (Lipinski definition) is 2. The van der Waals surface area contributed by atoms with Gasteiger partial charge in [0.05, 0.1) is 6.54 Å². The smallest absolute Gasteiger partial charge is 0.279 e. The number of nitrogens with one attached hydrogen (secondary N) is 3. The molecule has 0 bridgehead atoms. The summed E-state index contributed by atoms with van der Waals surface area (Å²) in [6.45, 7) is 11.0. The standard InChI is InChI=1S/C17H26BrN3O2/c1-6-21(11-16(23)20-17(3,4)5)10-15(22)19-14-8-7-13(18)9-12(14)2/h7-9H,6,10-11H2,1-5H3,(H,19,22)(H,20,23)/p+1. The molecular formula is C17H27BrN3O2+. The van der Waals surface area contributed by atoms with E-state index in [1.54, 1.807) is 0 Å². The number of benzene rings is 1. The average molecular weight is 385 g/mol. The van der Waals surface area contributed by atoms with E-state index >= 15 is 0 Å². The van der Waals surface area contributed by atoms with Gasteiger partial charge in [-0.3, -0.25) is 9.59 Å². The molecule has 1 atom stereocenters. The van der Waals surface area contributed by atoms with Crippen molar-refractivity contribution in [2.45, 2.75) is 40.2 Å². The van der Waals surface area contributed by atoms with E-state index in [0.29, 0.717) is 13.1 Å². The summed E-state index contributed by atoms with van der Waals surface area (Å²) < 4.78 is 0.979. The minimum Gasteiger partial charge on any atom is -0.347 e. The minimum absolute atomic E-state index is 0.0398. The maximum absolute atomic E-state index is 12.2. The van der Waals surface area contributed by atoms with Crippen molar-refractivity contribution >= 4 is 33.4 Å². The first-order valence-electron chi connectivity index (χ1n) is 7.81. The van der Waals surface area contributed by atoms with Gasteiger partial charge in [0.25, 0.3) is 11.8 Å². The molecule has 0 spiro atoms. The second kappa shape index (κ2) is 8.45. The molecule has 0 radical (unpaired) electrons. The molecule has 0 saturated carbocycles. The highest BCUT2D eigenvalue weighted by Crippen LogP contribution is 2.19. The van der Waals surface area contributed by atoms with E-state index in [4.69, 9.17) is 0 Å². The van der Waals surface area contributed by atoms with Crippen molar-refractivity contribution in [2.24, 2.45) is 0 Å². The van der Waals surface area contributed by atoms with Gasteiger partial charge in [0.1, 0.15) is 0 Å². The zero-order valence-electron chi connectivity index (χ0n) is 14.5. The van der Waals surface area contributed by atoms with Gasteiger partial charge >= 0.3 is 0 Å². The molecule has 0 fully saturated rings. The van der Waals surface area contributed by atoms with Crippen molar-refractivity contribution in [3.05, 3.63) is 28.2 Å². The van der Waals surface area contributed by atoms with Crippen molar-refractivity contribution in [1.29, 1.82) is 0 Å². The van der Waals surface area contributed by atoms with Gasteiger partial charge in [-0.15, -0.1) is 0 Å². The summed E-state index contributed by atoms with van der Waals surface area (Å²) in [6.07, 6.45) is 0. The van der Waals surface area contributed by atoms with E-state index in [-0.39, 0.29) is 23.9 Å². The Morgan fingerprint density at radius 3 is 2.30 bits per heavy atom. The number of amides is 2. The van der Waals surface area contributed by atoms with Crippen LogP contribution in [0.25, 0.3) is 0 Å². The van der Waals surface area contributed by atoms with Crippen molar-refractivity contribution in [3.63, 3.8) is 0 Å². The zero-order valence-corrected chi connectivity index (χ0v) is 16.1. The quantitative estimate of drug-likeness (QED) is 0.695. The van der Waals surface area contributed by atoms with Crippen LogP contribution in [0.2, 0.25) is 0 Å². The van der Waals surface area contributed by atoms with Gasteiger partial charge in [0, 0.05) is 15.7 Å². The number of rotatable bonds is 6. The number of quaternary nitrogens is 1. The molecule has 1 unspecified atom stereocenters. The fourth-order valence-corrected chi connectivity index (χ4v) is 2.67. The van der Waals surface area contributed by atoms with Crippen molar-refractivity contribution in [1.82, 2.24) is 5.32 Å². The largest absolute Gasteiger partial charge is 0.347 e. The van der Waals surface area contributed by atoms with Crippen molar-refractivity contribution < 1.29 is 14.5 Å². The second-order valence-corrected chi connectivity index (χ2v) is 7.68. The Kier molecular flexibility index (Phi) is 7.22. The lowest BCUT2D eigenvalue weighted by atomic mass is 10.1. The van der Waals surface area contributed by atoms with Crippen molar-refractivity contribution in [2.75, 3.05) is 25.0 Å². The van der Waals surface area contributed by atoms with Crippen LogP contribution < -0.4 is 15.5 Å². The molecule has 1 rings (SSSR count). The lowest BCUT2D eigenvalue weighted by Crippen LogP contribution is -3.14. The zero-order chi connectivity index (χ0) is 17.6. The van der Waals surface area contributed by atoms with E-state index in [0.717, 1.165) is 20.6 Å². The predicted octanol–water partition coefficient (Wildman–Crippen LogP) is 1.52. The summed E-state index contributed by atoms with van der Waals surface area (Å²) >= 11 is 3.40. The Hall–Kier alpha value is -1.40. The molecule has 1 aromatic carbocycles. The SMILES string of the molecule is CC[NH+](CC(=O)Nc1ccc(Br)cc1C)CC(=O)NC(C)(C)C. The molecule has 128 valence electrons. The molecule has 0 saturated heterocycles. The molecule has 5 nitrogen and oxygen atoms in total. The van der Waals surface area contributed by atoms with Gasteiger partial charge in [-0.2, -0.15) is 0 Å². The van der Waals surface area contributed by atoms with Gasteiger partial charge in [0.15, 0.2) is 13.1 Å². The molecular weight excluding hydrogens is 358 g/mol. The van der Waals surface area contributed by atoms with E-state index < -0.39 is 0 Å². The highest BCUT2D eigenvalue weighted by molar-refractivity contribution is 9.10. The number of anilines is 1. The summed E-state index contributed by atoms with van der Waals surface area (Å²) in [5.74, 6) is -0.127. The Labute approximate surface area is 146 Å². The fraction of sp³-hybridized carbons (Fsp3) is 0.529. The molecule has 0 heterocycles. The molecule has 3 N–H and O–H groups in total. The summed E-state index contributed by atoms with van der Waals surface area (Å²) in [5, 5.41) is 5.84. The topological polar surface area (TPSA) is 62.6 Å². The Bertz CT molecular complexity index is 567. The third-order valence-electron chi connectivity index (χ3n) is 3.30. The first-order chi connectivity index (χ1) is 10.6.